The van der Waals surface area contributed by atoms with E-state index in [2.05, 4.69) is 62.9 Å². The van der Waals surface area contributed by atoms with E-state index in [4.69, 9.17) is 9.47 Å². The highest BCUT2D eigenvalue weighted by Crippen LogP contribution is 2.47. The maximum atomic E-state index is 11.2. The van der Waals surface area contributed by atoms with Crippen molar-refractivity contribution in [2.45, 2.75) is 116 Å². The van der Waals surface area contributed by atoms with E-state index in [0.717, 1.165) is 57.1 Å². The summed E-state index contributed by atoms with van der Waals surface area (Å²) in [7, 11) is 0. The van der Waals surface area contributed by atoms with E-state index >= 15 is 0 Å². The number of hydrogen-bond donors (Lipinski definition) is 0. The van der Waals surface area contributed by atoms with E-state index in [1.807, 2.05) is 12.1 Å². The van der Waals surface area contributed by atoms with Crippen LogP contribution in [0.3, 0.4) is 0 Å². The summed E-state index contributed by atoms with van der Waals surface area (Å²) in [5, 5.41) is 10.1. The highest BCUT2D eigenvalue weighted by molar-refractivity contribution is 5.81. The molecule has 0 bridgehead atoms. The Kier molecular flexibility index (Phi) is 13.3. The maximum absolute atomic E-state index is 11.2. The van der Waals surface area contributed by atoms with Crippen molar-refractivity contribution in [1.82, 2.24) is 0 Å². The SMILES string of the molecule is C=CC(=O)OCCCC(CCC)Oc1ccc(-c2ccc(C3CCCC(C#N)(CCCCCCC)C3)cc2)cc1. The van der Waals surface area contributed by atoms with E-state index in [-0.39, 0.29) is 17.5 Å². The zero-order valence-electron chi connectivity index (χ0n) is 24.8. The monoisotopic (exact) mass is 543 g/mol. The molecule has 1 aliphatic carbocycles. The van der Waals surface area contributed by atoms with Gasteiger partial charge in [-0.1, -0.05) is 102 Å². The molecule has 2 aromatic carbocycles. The molecular formula is C36H49NO3. The van der Waals surface area contributed by atoms with Crippen LogP contribution in [0.15, 0.2) is 61.2 Å². The average molecular weight is 544 g/mol. The molecule has 0 aliphatic heterocycles. The predicted octanol–water partition coefficient (Wildman–Crippen LogP) is 9.94. The molecule has 40 heavy (non-hydrogen) atoms. The third-order valence-corrected chi connectivity index (χ3v) is 8.41. The first kappa shape index (κ1) is 31.5. The minimum Gasteiger partial charge on any atom is -0.490 e. The van der Waals surface area contributed by atoms with Gasteiger partial charge in [0.25, 0.3) is 0 Å². The number of nitrogens with zero attached hydrogens (tertiary/aromatic N) is 1. The Balaban J connectivity index is 1.55. The summed E-state index contributed by atoms with van der Waals surface area (Å²) >= 11 is 0. The zero-order chi connectivity index (χ0) is 28.6. The van der Waals surface area contributed by atoms with Crippen LogP contribution < -0.4 is 4.74 Å². The summed E-state index contributed by atoms with van der Waals surface area (Å²) in [4.78, 5) is 11.2. The van der Waals surface area contributed by atoms with Gasteiger partial charge in [0.05, 0.1) is 24.2 Å². The molecule has 2 aromatic rings. The Morgan fingerprint density at radius 2 is 1.70 bits per heavy atom. The number of carbonyl (C=O) groups is 1. The fourth-order valence-corrected chi connectivity index (χ4v) is 6.09. The van der Waals surface area contributed by atoms with E-state index in [1.54, 1.807) is 0 Å². The van der Waals surface area contributed by atoms with Crippen LogP contribution in [-0.4, -0.2) is 18.7 Å². The van der Waals surface area contributed by atoms with Crippen LogP contribution in [0, 0.1) is 16.7 Å². The average Bonchev–Trinajstić information content (AvgIpc) is 2.99. The summed E-state index contributed by atoms with van der Waals surface area (Å²) in [5.41, 5.74) is 3.59. The van der Waals surface area contributed by atoms with Gasteiger partial charge >= 0.3 is 5.97 Å². The van der Waals surface area contributed by atoms with Gasteiger partial charge in [-0.05, 0) is 79.7 Å². The second-order valence-electron chi connectivity index (χ2n) is 11.5. The molecule has 3 unspecified atom stereocenters. The van der Waals surface area contributed by atoms with Crippen molar-refractivity contribution < 1.29 is 14.3 Å². The standard InChI is InChI=1S/C36H49NO3/c1-4-7-8-9-10-24-36(28-37)25-11-14-32(27-36)31-18-16-29(17-19-31)30-20-22-34(23-21-30)40-33(13-5-2)15-12-26-39-35(38)6-3/h6,16-23,32-33H,3-5,7-15,24-27H2,1-2H3. The van der Waals surface area contributed by atoms with Crippen molar-refractivity contribution in [3.05, 3.63) is 66.7 Å². The predicted molar refractivity (Wildman–Crippen MR) is 164 cm³/mol. The number of unbranched alkanes of at least 4 members (excludes halogenated alkanes) is 4. The van der Waals surface area contributed by atoms with E-state index in [1.165, 1.54) is 61.3 Å². The van der Waals surface area contributed by atoms with Crippen molar-refractivity contribution in [3.63, 3.8) is 0 Å². The Labute approximate surface area is 242 Å². The molecule has 3 rings (SSSR count). The number of carbonyl (C=O) groups excluding carboxylic acids is 1. The Bertz CT molecular complexity index is 1070. The van der Waals surface area contributed by atoms with Gasteiger partial charge in [0.2, 0.25) is 0 Å². The summed E-state index contributed by atoms with van der Waals surface area (Å²) in [6.07, 6.45) is 16.7. The van der Waals surface area contributed by atoms with Gasteiger partial charge in [-0.25, -0.2) is 4.79 Å². The summed E-state index contributed by atoms with van der Waals surface area (Å²) < 4.78 is 11.4. The molecular weight excluding hydrogens is 494 g/mol. The smallest absolute Gasteiger partial charge is 0.330 e. The normalized spacial score (nSPS) is 19.4. The molecule has 0 aromatic heterocycles. The van der Waals surface area contributed by atoms with Gasteiger partial charge in [-0.2, -0.15) is 5.26 Å². The number of ether oxygens (including phenoxy) is 2. The van der Waals surface area contributed by atoms with E-state index in [0.29, 0.717) is 12.5 Å². The van der Waals surface area contributed by atoms with Crippen LogP contribution in [0.5, 0.6) is 5.75 Å². The minimum absolute atomic E-state index is 0.102. The third-order valence-electron chi connectivity index (χ3n) is 8.41. The molecule has 0 saturated heterocycles. The van der Waals surface area contributed by atoms with Gasteiger partial charge in [0.15, 0.2) is 0 Å². The van der Waals surface area contributed by atoms with Gasteiger partial charge in [0.1, 0.15) is 5.75 Å². The van der Waals surface area contributed by atoms with Gasteiger partial charge < -0.3 is 9.47 Å². The van der Waals surface area contributed by atoms with Crippen molar-refractivity contribution in [2.75, 3.05) is 6.61 Å². The number of hydrogen-bond acceptors (Lipinski definition) is 4. The zero-order valence-corrected chi connectivity index (χ0v) is 24.8. The molecule has 0 radical (unpaired) electrons. The van der Waals surface area contributed by atoms with Crippen LogP contribution >= 0.6 is 0 Å². The fourth-order valence-electron chi connectivity index (χ4n) is 6.09. The van der Waals surface area contributed by atoms with Crippen LogP contribution in [0.4, 0.5) is 0 Å². The number of benzene rings is 2. The lowest BCUT2D eigenvalue weighted by atomic mass is 9.66. The molecule has 3 atom stereocenters. The van der Waals surface area contributed by atoms with Crippen LogP contribution in [0.1, 0.15) is 115 Å². The third kappa shape index (κ3) is 9.84. The number of rotatable bonds is 17. The van der Waals surface area contributed by atoms with Crippen molar-refractivity contribution in [2.24, 2.45) is 5.41 Å². The first-order valence-electron chi connectivity index (χ1n) is 15.6. The van der Waals surface area contributed by atoms with Gasteiger partial charge in [0, 0.05) is 6.08 Å². The molecule has 216 valence electrons. The lowest BCUT2D eigenvalue weighted by Gasteiger charge is -2.36. The van der Waals surface area contributed by atoms with Gasteiger partial charge in [-0.3, -0.25) is 0 Å². The number of nitriles is 1. The summed E-state index contributed by atoms with van der Waals surface area (Å²) in [6, 6.07) is 20.1. The van der Waals surface area contributed by atoms with Crippen LogP contribution in [0.2, 0.25) is 0 Å². The Hall–Kier alpha value is -3.06. The molecule has 0 N–H and O–H groups in total. The summed E-state index contributed by atoms with van der Waals surface area (Å²) in [5.74, 6) is 0.968. The first-order chi connectivity index (χ1) is 19.5. The number of esters is 1. The largest absolute Gasteiger partial charge is 0.490 e. The van der Waals surface area contributed by atoms with E-state index < -0.39 is 0 Å². The molecule has 1 aliphatic rings. The van der Waals surface area contributed by atoms with Crippen molar-refractivity contribution in [1.29, 1.82) is 5.26 Å². The molecule has 4 nitrogen and oxygen atoms in total. The fraction of sp³-hybridized carbons (Fsp3) is 0.556. The quantitative estimate of drug-likeness (QED) is 0.113. The van der Waals surface area contributed by atoms with Gasteiger partial charge in [-0.15, -0.1) is 0 Å². The first-order valence-corrected chi connectivity index (χ1v) is 15.6. The van der Waals surface area contributed by atoms with E-state index in [9.17, 15) is 10.1 Å². The molecule has 0 amide bonds. The second-order valence-corrected chi connectivity index (χ2v) is 11.5. The highest BCUT2D eigenvalue weighted by Gasteiger charge is 2.36. The summed E-state index contributed by atoms with van der Waals surface area (Å²) in [6.45, 7) is 8.22. The van der Waals surface area contributed by atoms with Crippen molar-refractivity contribution in [3.8, 4) is 22.9 Å². The topological polar surface area (TPSA) is 59.3 Å². The molecule has 1 fully saturated rings. The molecule has 4 heteroatoms. The highest BCUT2D eigenvalue weighted by atomic mass is 16.5. The van der Waals surface area contributed by atoms with Crippen molar-refractivity contribution >= 4 is 5.97 Å². The minimum atomic E-state index is -0.376. The molecule has 0 spiro atoms. The molecule has 1 saturated carbocycles. The lowest BCUT2D eigenvalue weighted by Crippen LogP contribution is -2.26. The van der Waals surface area contributed by atoms with Crippen LogP contribution in [0.25, 0.3) is 11.1 Å². The lowest BCUT2D eigenvalue weighted by molar-refractivity contribution is -0.137. The second kappa shape index (κ2) is 16.9. The Morgan fingerprint density at radius 1 is 1.00 bits per heavy atom. The van der Waals surface area contributed by atoms with Crippen LogP contribution in [-0.2, 0) is 9.53 Å². The molecule has 0 heterocycles. The Morgan fingerprint density at radius 3 is 2.35 bits per heavy atom. The maximum Gasteiger partial charge on any atom is 0.330 e.